The number of para-hydroxylation sites is 2. The van der Waals surface area contributed by atoms with Crippen LogP contribution in [0, 0.1) is 6.92 Å². The molecule has 4 heteroatoms. The molecule has 0 aliphatic heterocycles. The van der Waals surface area contributed by atoms with Crippen molar-refractivity contribution in [3.63, 3.8) is 0 Å². The molecular weight excluding hydrogens is 319 g/mol. The van der Waals surface area contributed by atoms with Crippen molar-refractivity contribution in [3.05, 3.63) is 96.1 Å². The van der Waals surface area contributed by atoms with E-state index in [2.05, 4.69) is 0 Å². The second-order valence-corrected chi connectivity index (χ2v) is 6.80. The highest BCUT2D eigenvalue weighted by Crippen LogP contribution is 2.51. The van der Waals surface area contributed by atoms with Gasteiger partial charge in [0.2, 0.25) is 0 Å². The lowest BCUT2D eigenvalue weighted by Crippen LogP contribution is -2.05. The molecule has 0 radical (unpaired) electrons. The van der Waals surface area contributed by atoms with Gasteiger partial charge in [-0.1, -0.05) is 66.2 Å². The van der Waals surface area contributed by atoms with Crippen molar-refractivity contribution in [2.45, 2.75) is 12.8 Å². The molecule has 3 aromatic rings. The minimum Gasteiger partial charge on any atom is -0.437 e. The number of aliphatic hydroxyl groups is 1. The molecule has 0 saturated carbocycles. The van der Waals surface area contributed by atoms with Gasteiger partial charge >= 0.3 is 8.38 Å². The number of benzene rings is 3. The zero-order valence-electron chi connectivity index (χ0n) is 13.4. The van der Waals surface area contributed by atoms with E-state index in [-0.39, 0.29) is 0 Å². The standard InChI is InChI=1S/C20H19O3P/c1-16-12-14-17(15-13-16)20(21)24(22-18-8-4-2-5-9-18)23-19-10-6-3-7-11-19/h2-15,20-21H,1H3. The van der Waals surface area contributed by atoms with Gasteiger partial charge < -0.3 is 14.2 Å². The van der Waals surface area contributed by atoms with Crippen molar-refractivity contribution >= 4 is 8.38 Å². The fraction of sp³-hybridized carbons (Fsp3) is 0.100. The number of aliphatic hydroxyl groups excluding tert-OH is 1. The zero-order chi connectivity index (χ0) is 16.8. The van der Waals surface area contributed by atoms with E-state index in [0.717, 1.165) is 11.1 Å². The third kappa shape index (κ3) is 4.35. The SMILES string of the molecule is Cc1ccc(C(O)P(Oc2ccccc2)Oc2ccccc2)cc1. The summed E-state index contributed by atoms with van der Waals surface area (Å²) in [4.78, 5) is 0. The van der Waals surface area contributed by atoms with Crippen LogP contribution in [0.4, 0.5) is 0 Å². The Morgan fingerprint density at radius 3 is 1.62 bits per heavy atom. The van der Waals surface area contributed by atoms with Gasteiger partial charge in [-0.3, -0.25) is 0 Å². The number of aryl methyl sites for hydroxylation is 1. The van der Waals surface area contributed by atoms with E-state index >= 15 is 0 Å². The van der Waals surface area contributed by atoms with E-state index in [1.54, 1.807) is 0 Å². The average Bonchev–Trinajstić information content (AvgIpc) is 2.63. The first-order chi connectivity index (χ1) is 11.7. The monoisotopic (exact) mass is 338 g/mol. The maximum absolute atomic E-state index is 10.8. The summed E-state index contributed by atoms with van der Waals surface area (Å²) in [6.45, 7) is 2.01. The molecule has 0 saturated heterocycles. The molecule has 1 atom stereocenters. The normalized spacial score (nSPS) is 12.0. The largest absolute Gasteiger partial charge is 0.437 e. The maximum atomic E-state index is 10.8. The van der Waals surface area contributed by atoms with E-state index in [0.29, 0.717) is 11.5 Å². The molecule has 0 aliphatic rings. The lowest BCUT2D eigenvalue weighted by Gasteiger charge is -2.23. The van der Waals surface area contributed by atoms with Crippen molar-refractivity contribution in [1.29, 1.82) is 0 Å². The third-order valence-corrected chi connectivity index (χ3v) is 4.93. The minimum atomic E-state index is -1.60. The Morgan fingerprint density at radius 1 is 0.708 bits per heavy atom. The van der Waals surface area contributed by atoms with Crippen LogP contribution in [0.5, 0.6) is 11.5 Å². The summed E-state index contributed by atoms with van der Waals surface area (Å²) in [6, 6.07) is 26.6. The molecule has 0 fully saturated rings. The van der Waals surface area contributed by atoms with Gasteiger partial charge in [0.25, 0.3) is 0 Å². The Hall–Kier alpha value is -2.35. The Labute approximate surface area is 143 Å². The van der Waals surface area contributed by atoms with Crippen molar-refractivity contribution in [1.82, 2.24) is 0 Å². The maximum Gasteiger partial charge on any atom is 0.326 e. The summed E-state index contributed by atoms with van der Waals surface area (Å²) in [5.41, 5.74) is 1.92. The molecule has 1 unspecified atom stereocenters. The van der Waals surface area contributed by atoms with E-state index in [1.807, 2.05) is 91.9 Å². The highest BCUT2D eigenvalue weighted by Gasteiger charge is 2.27. The molecule has 122 valence electrons. The third-order valence-electron chi connectivity index (χ3n) is 3.45. The molecule has 24 heavy (non-hydrogen) atoms. The molecule has 0 aromatic heterocycles. The summed E-state index contributed by atoms with van der Waals surface area (Å²) in [6.07, 6.45) is 0. The average molecular weight is 338 g/mol. The molecule has 3 aromatic carbocycles. The summed E-state index contributed by atoms with van der Waals surface area (Å²) >= 11 is 0. The van der Waals surface area contributed by atoms with Gasteiger partial charge in [-0.15, -0.1) is 0 Å². The van der Waals surface area contributed by atoms with Crippen LogP contribution in [-0.4, -0.2) is 5.11 Å². The van der Waals surface area contributed by atoms with E-state index in [9.17, 15) is 5.11 Å². The first-order valence-corrected chi connectivity index (χ1v) is 8.97. The Bertz CT molecular complexity index is 703. The van der Waals surface area contributed by atoms with Crippen molar-refractivity contribution in [2.24, 2.45) is 0 Å². The lowest BCUT2D eigenvalue weighted by atomic mass is 10.2. The van der Waals surface area contributed by atoms with Gasteiger partial charge in [0.15, 0.2) is 5.85 Å². The molecule has 0 heterocycles. The van der Waals surface area contributed by atoms with Crippen LogP contribution in [0.1, 0.15) is 17.0 Å². The van der Waals surface area contributed by atoms with Crippen LogP contribution < -0.4 is 9.05 Å². The highest BCUT2D eigenvalue weighted by molar-refractivity contribution is 7.48. The molecule has 0 bridgehead atoms. The van der Waals surface area contributed by atoms with Gasteiger partial charge in [0.05, 0.1) is 0 Å². The predicted molar refractivity (Wildman–Crippen MR) is 97.2 cm³/mol. The Kier molecular flexibility index (Phi) is 5.47. The van der Waals surface area contributed by atoms with Crippen molar-refractivity contribution in [2.75, 3.05) is 0 Å². The summed E-state index contributed by atoms with van der Waals surface area (Å²) in [5.74, 6) is 0.498. The predicted octanol–water partition coefficient (Wildman–Crippen LogP) is 5.46. The number of hydrogen-bond acceptors (Lipinski definition) is 3. The second-order valence-electron chi connectivity index (χ2n) is 5.38. The van der Waals surface area contributed by atoms with Gasteiger partial charge in [-0.2, -0.15) is 0 Å². The van der Waals surface area contributed by atoms with Crippen LogP contribution in [0.15, 0.2) is 84.9 Å². The summed E-state index contributed by atoms with van der Waals surface area (Å²) in [7, 11) is -1.60. The van der Waals surface area contributed by atoms with Gasteiger partial charge in [-0.25, -0.2) is 0 Å². The second kappa shape index (κ2) is 7.96. The number of hydrogen-bond donors (Lipinski definition) is 1. The van der Waals surface area contributed by atoms with E-state index < -0.39 is 14.2 Å². The first kappa shape index (κ1) is 16.5. The fourth-order valence-electron chi connectivity index (χ4n) is 2.15. The van der Waals surface area contributed by atoms with Crippen LogP contribution >= 0.6 is 8.38 Å². The fourth-order valence-corrected chi connectivity index (χ4v) is 3.46. The van der Waals surface area contributed by atoms with Crippen LogP contribution in [0.3, 0.4) is 0 Å². The quantitative estimate of drug-likeness (QED) is 0.607. The molecule has 3 rings (SSSR count). The first-order valence-electron chi connectivity index (χ1n) is 7.72. The highest BCUT2D eigenvalue weighted by atomic mass is 31.2. The van der Waals surface area contributed by atoms with Crippen LogP contribution in [0.2, 0.25) is 0 Å². The Balaban J connectivity index is 1.84. The zero-order valence-corrected chi connectivity index (χ0v) is 14.3. The molecule has 3 nitrogen and oxygen atoms in total. The Morgan fingerprint density at radius 2 is 1.17 bits per heavy atom. The van der Waals surface area contributed by atoms with Gasteiger partial charge in [-0.05, 0) is 36.8 Å². The van der Waals surface area contributed by atoms with E-state index in [1.165, 1.54) is 0 Å². The minimum absolute atomic E-state index is 0.672. The van der Waals surface area contributed by atoms with Gasteiger partial charge in [0.1, 0.15) is 11.5 Å². The van der Waals surface area contributed by atoms with Crippen molar-refractivity contribution in [3.8, 4) is 11.5 Å². The molecule has 0 spiro atoms. The molecular formula is C20H19O3P. The molecule has 1 N–H and O–H groups in total. The van der Waals surface area contributed by atoms with Crippen LogP contribution in [-0.2, 0) is 0 Å². The lowest BCUT2D eigenvalue weighted by molar-refractivity contribution is 0.237. The summed E-state index contributed by atoms with van der Waals surface area (Å²) < 4.78 is 11.9. The number of rotatable bonds is 6. The molecule has 0 aliphatic carbocycles. The summed E-state index contributed by atoms with van der Waals surface area (Å²) in [5, 5.41) is 10.8. The molecule has 0 amide bonds. The van der Waals surface area contributed by atoms with Crippen molar-refractivity contribution < 1.29 is 14.2 Å². The smallest absolute Gasteiger partial charge is 0.326 e. The van der Waals surface area contributed by atoms with Gasteiger partial charge in [0, 0.05) is 0 Å². The van der Waals surface area contributed by atoms with Crippen LogP contribution in [0.25, 0.3) is 0 Å². The van der Waals surface area contributed by atoms with E-state index in [4.69, 9.17) is 9.05 Å². The topological polar surface area (TPSA) is 38.7 Å².